The number of hydrogen-bond acceptors (Lipinski definition) is 7. The fourth-order valence-electron chi connectivity index (χ4n) is 4.54. The Kier molecular flexibility index (Phi) is 12.6. The van der Waals surface area contributed by atoms with Gasteiger partial charge in [-0.05, 0) is 83.7 Å². The first-order chi connectivity index (χ1) is 20.1. The summed E-state index contributed by atoms with van der Waals surface area (Å²) in [4.78, 5) is 55.1. The molecule has 2 atom stereocenters. The molecule has 10 nitrogen and oxygen atoms in total. The Morgan fingerprint density at radius 3 is 2.14 bits per heavy atom. The van der Waals surface area contributed by atoms with Crippen LogP contribution in [-0.2, 0) is 30.3 Å². The van der Waals surface area contributed by atoms with E-state index in [0.29, 0.717) is 17.5 Å². The van der Waals surface area contributed by atoms with Gasteiger partial charge in [-0.15, -0.1) is 0 Å². The molecule has 2 unspecified atom stereocenters. The van der Waals surface area contributed by atoms with Gasteiger partial charge in [0.05, 0.1) is 13.0 Å². The van der Waals surface area contributed by atoms with Crippen LogP contribution in [0.3, 0.4) is 0 Å². The van der Waals surface area contributed by atoms with Gasteiger partial charge >= 0.3 is 12.1 Å². The Morgan fingerprint density at radius 1 is 0.953 bits per heavy atom. The summed E-state index contributed by atoms with van der Waals surface area (Å²) in [5.74, 6) is -1.32. The lowest BCUT2D eigenvalue weighted by Gasteiger charge is -2.45. The van der Waals surface area contributed by atoms with Gasteiger partial charge in [-0.2, -0.15) is 0 Å². The number of benzene rings is 2. The Labute approximate surface area is 255 Å². The molecule has 10 heteroatoms. The lowest BCUT2D eigenvalue weighted by atomic mass is 9.89. The summed E-state index contributed by atoms with van der Waals surface area (Å²) in [6, 6.07) is 11.5. The van der Waals surface area contributed by atoms with E-state index in [0.717, 1.165) is 5.56 Å². The second kappa shape index (κ2) is 15.4. The number of esters is 1. The van der Waals surface area contributed by atoms with Crippen molar-refractivity contribution >= 4 is 23.9 Å². The van der Waals surface area contributed by atoms with Crippen LogP contribution in [0.4, 0.5) is 4.79 Å². The van der Waals surface area contributed by atoms with Crippen LogP contribution in [0.2, 0.25) is 0 Å². The molecule has 0 aliphatic carbocycles. The first-order valence-corrected chi connectivity index (χ1v) is 14.7. The van der Waals surface area contributed by atoms with Crippen molar-refractivity contribution in [2.75, 3.05) is 13.2 Å². The first-order valence-electron chi connectivity index (χ1n) is 14.7. The van der Waals surface area contributed by atoms with Crippen LogP contribution in [-0.4, -0.2) is 64.2 Å². The smallest absolute Gasteiger partial charge is 0.408 e. The summed E-state index contributed by atoms with van der Waals surface area (Å²) in [5.41, 5.74) is 0.458. The highest BCUT2D eigenvalue weighted by Gasteiger charge is 2.43. The zero-order chi connectivity index (χ0) is 32.4. The lowest BCUT2D eigenvalue weighted by Crippen LogP contribution is -2.60. The van der Waals surface area contributed by atoms with E-state index in [2.05, 4.69) is 10.6 Å². The number of carbonyl (C=O) groups is 4. The number of nitrogens with one attached hydrogen (secondary N) is 2. The molecule has 3 amide bonds. The van der Waals surface area contributed by atoms with Crippen molar-refractivity contribution in [1.82, 2.24) is 15.5 Å². The van der Waals surface area contributed by atoms with Crippen molar-refractivity contribution in [2.45, 2.75) is 97.9 Å². The summed E-state index contributed by atoms with van der Waals surface area (Å²) in [6.07, 6.45) is -0.213. The van der Waals surface area contributed by atoms with E-state index < -0.39 is 47.1 Å². The monoisotopic (exact) mass is 597 g/mol. The molecular formula is C33H47N3O7. The predicted octanol–water partition coefficient (Wildman–Crippen LogP) is 4.96. The van der Waals surface area contributed by atoms with E-state index in [1.54, 1.807) is 52.0 Å². The average molecular weight is 598 g/mol. The van der Waals surface area contributed by atoms with E-state index in [9.17, 15) is 24.3 Å². The van der Waals surface area contributed by atoms with E-state index in [-0.39, 0.29) is 31.7 Å². The molecule has 0 aromatic heterocycles. The van der Waals surface area contributed by atoms with Gasteiger partial charge in [-0.25, -0.2) is 4.79 Å². The highest BCUT2D eigenvalue weighted by molar-refractivity contribution is 5.93. The maximum atomic E-state index is 14.7. The number of aryl methyl sites for hydroxylation is 1. The van der Waals surface area contributed by atoms with Gasteiger partial charge in [0, 0.05) is 18.5 Å². The summed E-state index contributed by atoms with van der Waals surface area (Å²) >= 11 is 0. The number of phenolic OH excluding ortho intramolecular Hbond substituents is 1. The van der Waals surface area contributed by atoms with Crippen LogP contribution < -0.4 is 10.6 Å². The summed E-state index contributed by atoms with van der Waals surface area (Å²) in [6.45, 7) is 14.7. The molecule has 0 fully saturated rings. The molecule has 0 saturated heterocycles. The van der Waals surface area contributed by atoms with E-state index in [1.807, 2.05) is 39.8 Å². The topological polar surface area (TPSA) is 134 Å². The molecule has 0 radical (unpaired) electrons. The van der Waals surface area contributed by atoms with Crippen LogP contribution >= 0.6 is 0 Å². The fourth-order valence-corrected chi connectivity index (χ4v) is 4.54. The Hall–Kier alpha value is -4.08. The number of rotatable bonds is 13. The predicted molar refractivity (Wildman–Crippen MR) is 164 cm³/mol. The van der Waals surface area contributed by atoms with Gasteiger partial charge in [0.25, 0.3) is 0 Å². The highest BCUT2D eigenvalue weighted by Crippen LogP contribution is 2.34. The maximum absolute atomic E-state index is 14.7. The standard InChI is InChI=1S/C33H47N3O7/c1-9-33(7,8)36(28(25-14-12-11-13-22(25)3)29(39)34-20-19-27(38)42-10-2)30(40)26(35-31(41)43-32(4,5)6)21-23-15-17-24(37)18-16-23/h11-18,26,28,37H,9-10,19-21H2,1-8H3,(H,34,39)(H,35,41). The zero-order valence-corrected chi connectivity index (χ0v) is 26.7. The first kappa shape index (κ1) is 35.1. The van der Waals surface area contributed by atoms with Gasteiger partial charge in [0.1, 0.15) is 23.4 Å². The number of hydrogen-bond donors (Lipinski definition) is 3. The van der Waals surface area contributed by atoms with Crippen molar-refractivity contribution in [3.8, 4) is 5.75 Å². The van der Waals surface area contributed by atoms with Crippen molar-refractivity contribution in [3.63, 3.8) is 0 Å². The molecule has 43 heavy (non-hydrogen) atoms. The average Bonchev–Trinajstić information content (AvgIpc) is 2.91. The molecule has 0 heterocycles. The Balaban J connectivity index is 2.61. The summed E-state index contributed by atoms with van der Waals surface area (Å²) in [5, 5.41) is 15.3. The number of phenols is 1. The molecule has 2 rings (SSSR count). The molecule has 0 aliphatic rings. The summed E-state index contributed by atoms with van der Waals surface area (Å²) in [7, 11) is 0. The van der Waals surface area contributed by atoms with Crippen LogP contribution in [0, 0.1) is 6.92 Å². The van der Waals surface area contributed by atoms with Gasteiger partial charge in [0.15, 0.2) is 0 Å². The molecule has 0 aliphatic heterocycles. The lowest BCUT2D eigenvalue weighted by molar-refractivity contribution is -0.149. The van der Waals surface area contributed by atoms with Crippen molar-refractivity contribution in [2.24, 2.45) is 0 Å². The number of nitrogens with zero attached hydrogens (tertiary/aromatic N) is 1. The number of amides is 3. The van der Waals surface area contributed by atoms with Gasteiger partial charge in [-0.3, -0.25) is 14.4 Å². The molecule has 2 aromatic rings. The second-order valence-electron chi connectivity index (χ2n) is 12.0. The molecule has 0 spiro atoms. The molecule has 3 N–H and O–H groups in total. The minimum absolute atomic E-state index is 0.0190. The zero-order valence-electron chi connectivity index (χ0n) is 26.7. The van der Waals surface area contributed by atoms with E-state index in [4.69, 9.17) is 9.47 Å². The minimum atomic E-state index is -1.11. The number of alkyl carbamates (subject to hydrolysis) is 1. The van der Waals surface area contributed by atoms with E-state index in [1.165, 1.54) is 17.0 Å². The van der Waals surface area contributed by atoms with Crippen molar-refractivity contribution in [1.29, 1.82) is 0 Å². The van der Waals surface area contributed by atoms with Gasteiger partial charge < -0.3 is 30.1 Å². The Morgan fingerprint density at radius 2 is 1.58 bits per heavy atom. The third-order valence-electron chi connectivity index (χ3n) is 7.04. The van der Waals surface area contributed by atoms with Crippen LogP contribution in [0.5, 0.6) is 5.75 Å². The molecule has 2 aromatic carbocycles. The quantitative estimate of drug-likeness (QED) is 0.278. The molecular weight excluding hydrogens is 550 g/mol. The second-order valence-corrected chi connectivity index (χ2v) is 12.0. The normalized spacial score (nSPS) is 12.9. The Bertz CT molecular complexity index is 1250. The number of carbonyl (C=O) groups excluding carboxylic acids is 4. The van der Waals surface area contributed by atoms with Crippen LogP contribution in [0.25, 0.3) is 0 Å². The third-order valence-corrected chi connectivity index (χ3v) is 7.04. The van der Waals surface area contributed by atoms with Crippen LogP contribution in [0.1, 0.15) is 84.0 Å². The highest BCUT2D eigenvalue weighted by atomic mass is 16.6. The van der Waals surface area contributed by atoms with Crippen molar-refractivity contribution in [3.05, 3.63) is 65.2 Å². The third kappa shape index (κ3) is 10.6. The van der Waals surface area contributed by atoms with Gasteiger partial charge in [0.2, 0.25) is 11.8 Å². The number of aromatic hydroxyl groups is 1. The van der Waals surface area contributed by atoms with E-state index >= 15 is 0 Å². The molecule has 236 valence electrons. The number of ether oxygens (including phenoxy) is 2. The largest absolute Gasteiger partial charge is 0.508 e. The van der Waals surface area contributed by atoms with Crippen molar-refractivity contribution < 1.29 is 33.8 Å². The van der Waals surface area contributed by atoms with Gasteiger partial charge in [-0.1, -0.05) is 43.3 Å². The SMILES string of the molecule is CCOC(=O)CCNC(=O)C(c1ccccc1C)N(C(=O)C(Cc1ccc(O)cc1)NC(=O)OC(C)(C)C)C(C)(C)CC. The minimum Gasteiger partial charge on any atom is -0.508 e. The maximum Gasteiger partial charge on any atom is 0.408 e. The molecule has 0 bridgehead atoms. The summed E-state index contributed by atoms with van der Waals surface area (Å²) < 4.78 is 10.5. The van der Waals surface area contributed by atoms with Crippen LogP contribution in [0.15, 0.2) is 48.5 Å². The fraction of sp³-hybridized carbons (Fsp3) is 0.515. The molecule has 0 saturated carbocycles.